The van der Waals surface area contributed by atoms with Crippen LogP contribution in [0.2, 0.25) is 0 Å². The Kier molecular flexibility index (Phi) is 3.60. The molecule has 1 saturated carbocycles. The maximum absolute atomic E-state index is 13.7. The van der Waals surface area contributed by atoms with Crippen molar-refractivity contribution in [3.05, 3.63) is 36.3 Å². The molecule has 4 nitrogen and oxygen atoms in total. The molecule has 4 rings (SSSR count). The van der Waals surface area contributed by atoms with Crippen molar-refractivity contribution in [3.8, 4) is 0 Å². The lowest BCUT2D eigenvalue weighted by atomic mass is 10.2. The molecule has 2 heterocycles. The van der Waals surface area contributed by atoms with Gasteiger partial charge in [-0.15, -0.1) is 0 Å². The van der Waals surface area contributed by atoms with Gasteiger partial charge in [-0.2, -0.15) is 0 Å². The van der Waals surface area contributed by atoms with Crippen molar-refractivity contribution in [3.63, 3.8) is 0 Å². The summed E-state index contributed by atoms with van der Waals surface area (Å²) in [7, 11) is 0. The smallest absolute Gasteiger partial charge is 0.240 e. The van der Waals surface area contributed by atoms with Crippen LogP contribution in [0.3, 0.4) is 0 Å². The first-order chi connectivity index (χ1) is 11.2. The van der Waals surface area contributed by atoms with E-state index >= 15 is 0 Å². The Morgan fingerprint density at radius 1 is 1.22 bits per heavy atom. The van der Waals surface area contributed by atoms with Gasteiger partial charge in [0.15, 0.2) is 0 Å². The van der Waals surface area contributed by atoms with Crippen molar-refractivity contribution in [1.29, 1.82) is 0 Å². The number of fused-ring (bicyclic) bond motifs is 1. The summed E-state index contributed by atoms with van der Waals surface area (Å²) in [5.74, 6) is -0.224. The fourth-order valence-corrected chi connectivity index (χ4v) is 3.66. The number of nitrogens with zero attached hydrogens (tertiary/aromatic N) is 2. The lowest BCUT2D eigenvalue weighted by molar-refractivity contribution is -0.122. The highest BCUT2D eigenvalue weighted by atomic mass is 19.1. The minimum absolute atomic E-state index is 0.0171. The molecule has 1 aliphatic carbocycles. The lowest BCUT2D eigenvalue weighted by Crippen LogP contribution is -2.46. The van der Waals surface area contributed by atoms with Crippen molar-refractivity contribution in [2.24, 2.45) is 0 Å². The second-order valence-corrected chi connectivity index (χ2v) is 6.93. The van der Waals surface area contributed by atoms with Gasteiger partial charge in [0, 0.05) is 18.1 Å². The van der Waals surface area contributed by atoms with Gasteiger partial charge in [0.25, 0.3) is 0 Å². The number of benzene rings is 1. The van der Waals surface area contributed by atoms with Gasteiger partial charge in [0.2, 0.25) is 5.91 Å². The number of likely N-dealkylation sites (tertiary alicyclic amines) is 1. The molecule has 1 aromatic heterocycles. The van der Waals surface area contributed by atoms with Gasteiger partial charge in [-0.1, -0.05) is 6.07 Å². The van der Waals surface area contributed by atoms with Crippen LogP contribution in [-0.4, -0.2) is 40.5 Å². The average molecular weight is 315 g/mol. The normalized spacial score (nSPS) is 20.0. The summed E-state index contributed by atoms with van der Waals surface area (Å²) < 4.78 is 15.5. The minimum Gasteiger partial charge on any atom is -0.348 e. The van der Waals surface area contributed by atoms with Crippen molar-refractivity contribution in [2.45, 2.75) is 37.8 Å². The first kappa shape index (κ1) is 14.7. The highest BCUT2D eigenvalue weighted by Crippen LogP contribution is 2.37. The molecule has 0 unspecified atom stereocenters. The van der Waals surface area contributed by atoms with Crippen LogP contribution < -0.4 is 5.32 Å². The Bertz CT molecular complexity index is 729. The maximum atomic E-state index is 13.7. The third-order valence-electron chi connectivity index (χ3n) is 5.06. The number of nitrogens with one attached hydrogen (secondary N) is 1. The lowest BCUT2D eigenvalue weighted by Gasteiger charge is -2.24. The summed E-state index contributed by atoms with van der Waals surface area (Å²) in [6.07, 6.45) is 6.45. The van der Waals surface area contributed by atoms with Gasteiger partial charge in [0.05, 0.1) is 11.1 Å². The van der Waals surface area contributed by atoms with Crippen LogP contribution in [0.1, 0.15) is 25.7 Å². The molecule has 1 aromatic carbocycles. The van der Waals surface area contributed by atoms with Crippen LogP contribution in [-0.2, 0) is 11.3 Å². The standard InChI is InChI=1S/C18H22FN3O/c19-15-4-3-5-16-14(15)6-11-22(16)12-17(23)20-18(7-8-18)13-21-9-1-2-10-21/h3-6,11H,1-2,7-10,12-13H2,(H,20,23). The highest BCUT2D eigenvalue weighted by Gasteiger charge is 2.45. The number of carbonyl (C=O) groups excluding carboxylic acids is 1. The van der Waals surface area contributed by atoms with Crippen LogP contribution in [0.4, 0.5) is 4.39 Å². The molecule has 5 heteroatoms. The van der Waals surface area contributed by atoms with E-state index in [1.54, 1.807) is 18.3 Å². The van der Waals surface area contributed by atoms with E-state index in [0.717, 1.165) is 38.0 Å². The zero-order valence-electron chi connectivity index (χ0n) is 13.2. The number of rotatable bonds is 5. The second-order valence-electron chi connectivity index (χ2n) is 6.93. The first-order valence-electron chi connectivity index (χ1n) is 8.42. The zero-order valence-corrected chi connectivity index (χ0v) is 13.2. The molecule has 23 heavy (non-hydrogen) atoms. The molecule has 0 spiro atoms. The van der Waals surface area contributed by atoms with Crippen molar-refractivity contribution >= 4 is 16.8 Å². The summed E-state index contributed by atoms with van der Waals surface area (Å²) in [5, 5.41) is 3.78. The third kappa shape index (κ3) is 2.98. The summed E-state index contributed by atoms with van der Waals surface area (Å²) in [6.45, 7) is 3.52. The molecule has 2 aliphatic rings. The molecule has 2 aromatic rings. The number of aromatic nitrogens is 1. The number of hydrogen-bond acceptors (Lipinski definition) is 2. The van der Waals surface area contributed by atoms with E-state index in [0.29, 0.717) is 5.39 Å². The largest absolute Gasteiger partial charge is 0.348 e. The van der Waals surface area contributed by atoms with Gasteiger partial charge in [0.1, 0.15) is 12.4 Å². The van der Waals surface area contributed by atoms with Gasteiger partial charge < -0.3 is 14.8 Å². The van der Waals surface area contributed by atoms with Gasteiger partial charge >= 0.3 is 0 Å². The number of halogens is 1. The minimum atomic E-state index is -0.241. The van der Waals surface area contributed by atoms with Crippen LogP contribution in [0.15, 0.2) is 30.5 Å². The Morgan fingerprint density at radius 2 is 2.00 bits per heavy atom. The summed E-state index contributed by atoms with van der Waals surface area (Å²) in [4.78, 5) is 14.9. The SMILES string of the molecule is O=C(Cn1ccc2c(F)cccc21)NC1(CN2CCCC2)CC1. The Labute approximate surface area is 135 Å². The summed E-state index contributed by atoms with van der Waals surface area (Å²) >= 11 is 0. The van der Waals surface area contributed by atoms with Crippen molar-refractivity contribution < 1.29 is 9.18 Å². The Morgan fingerprint density at radius 3 is 2.74 bits per heavy atom. The molecule has 1 N–H and O–H groups in total. The number of amides is 1. The van der Waals surface area contributed by atoms with E-state index in [4.69, 9.17) is 0 Å². The molecule has 1 amide bonds. The first-order valence-corrected chi connectivity index (χ1v) is 8.42. The van der Waals surface area contributed by atoms with E-state index in [9.17, 15) is 9.18 Å². The Hall–Kier alpha value is -1.88. The molecule has 2 fully saturated rings. The molecular weight excluding hydrogens is 293 g/mol. The monoisotopic (exact) mass is 315 g/mol. The van der Waals surface area contributed by atoms with Crippen LogP contribution in [0.5, 0.6) is 0 Å². The van der Waals surface area contributed by atoms with Gasteiger partial charge in [-0.25, -0.2) is 4.39 Å². The fourth-order valence-electron chi connectivity index (χ4n) is 3.66. The van der Waals surface area contributed by atoms with E-state index in [1.165, 1.54) is 18.9 Å². The molecule has 1 aliphatic heterocycles. The van der Waals surface area contributed by atoms with Gasteiger partial charge in [-0.3, -0.25) is 4.79 Å². The summed E-state index contributed by atoms with van der Waals surface area (Å²) in [6, 6.07) is 6.71. The van der Waals surface area contributed by atoms with E-state index < -0.39 is 0 Å². The summed E-state index contributed by atoms with van der Waals surface area (Å²) in [5.41, 5.74) is 0.750. The van der Waals surface area contributed by atoms with E-state index in [1.807, 2.05) is 10.6 Å². The topological polar surface area (TPSA) is 37.3 Å². The van der Waals surface area contributed by atoms with Crippen molar-refractivity contribution in [2.75, 3.05) is 19.6 Å². The fraction of sp³-hybridized carbons (Fsp3) is 0.500. The van der Waals surface area contributed by atoms with Crippen LogP contribution in [0.25, 0.3) is 10.9 Å². The van der Waals surface area contributed by atoms with E-state index in [-0.39, 0.29) is 23.8 Å². The molecule has 0 radical (unpaired) electrons. The average Bonchev–Trinajstić information content (AvgIpc) is 2.92. The zero-order chi connectivity index (χ0) is 15.9. The number of hydrogen-bond donors (Lipinski definition) is 1. The molecule has 1 saturated heterocycles. The Balaban J connectivity index is 1.42. The second kappa shape index (κ2) is 5.64. The van der Waals surface area contributed by atoms with E-state index in [2.05, 4.69) is 10.2 Å². The quantitative estimate of drug-likeness (QED) is 0.920. The predicted molar refractivity (Wildman–Crippen MR) is 87.7 cm³/mol. The maximum Gasteiger partial charge on any atom is 0.240 e. The predicted octanol–water partition coefficient (Wildman–Crippen LogP) is 2.53. The van der Waals surface area contributed by atoms with Crippen LogP contribution >= 0.6 is 0 Å². The highest BCUT2D eigenvalue weighted by molar-refractivity contribution is 5.84. The van der Waals surface area contributed by atoms with Gasteiger partial charge in [-0.05, 0) is 57.0 Å². The molecule has 0 bridgehead atoms. The molecule has 122 valence electrons. The number of carbonyl (C=O) groups is 1. The molecule has 0 atom stereocenters. The van der Waals surface area contributed by atoms with Crippen LogP contribution in [0, 0.1) is 5.82 Å². The third-order valence-corrected chi connectivity index (χ3v) is 5.06. The molecular formula is C18H22FN3O. The van der Waals surface area contributed by atoms with Crippen molar-refractivity contribution in [1.82, 2.24) is 14.8 Å².